The Bertz CT molecular complexity index is 684. The number of carbonyl (C=O) groups is 1. The number of anilines is 1. The van der Waals surface area contributed by atoms with Gasteiger partial charge in [-0.3, -0.25) is 4.79 Å². The Morgan fingerprint density at radius 1 is 1.19 bits per heavy atom. The summed E-state index contributed by atoms with van der Waals surface area (Å²) in [5.41, 5.74) is 1.33. The molecule has 0 aliphatic carbocycles. The number of methoxy groups -OCH3 is 1. The first-order chi connectivity index (χ1) is 10.1. The molecule has 0 unspecified atom stereocenters. The quantitative estimate of drug-likeness (QED) is 0.832. The summed E-state index contributed by atoms with van der Waals surface area (Å²) in [6.45, 7) is 0. The van der Waals surface area contributed by atoms with Crippen LogP contribution in [0.5, 0.6) is 5.75 Å². The van der Waals surface area contributed by atoms with Crippen LogP contribution in [-0.2, 0) is 4.79 Å². The largest absolute Gasteiger partial charge is 0.495 e. The molecule has 2 rings (SSSR count). The SMILES string of the molecule is COc1cc(Cl)ccc1NC(=O)/C=C/c1ccccc1Cl. The molecular weight excluding hydrogens is 309 g/mol. The zero-order valence-electron chi connectivity index (χ0n) is 11.3. The van der Waals surface area contributed by atoms with Crippen molar-refractivity contribution >= 4 is 40.9 Å². The fourth-order valence-corrected chi connectivity index (χ4v) is 2.08. The normalized spacial score (nSPS) is 10.6. The summed E-state index contributed by atoms with van der Waals surface area (Å²) in [5.74, 6) is 0.220. The number of nitrogens with one attached hydrogen (secondary N) is 1. The van der Waals surface area contributed by atoms with Crippen molar-refractivity contribution in [2.75, 3.05) is 12.4 Å². The minimum Gasteiger partial charge on any atom is -0.495 e. The molecule has 0 heterocycles. The molecule has 0 atom stereocenters. The Hall–Kier alpha value is -1.97. The van der Waals surface area contributed by atoms with Crippen molar-refractivity contribution in [1.29, 1.82) is 0 Å². The highest BCUT2D eigenvalue weighted by atomic mass is 35.5. The van der Waals surface area contributed by atoms with Gasteiger partial charge in [-0.1, -0.05) is 41.4 Å². The predicted octanol–water partition coefficient (Wildman–Crippen LogP) is 4.65. The number of hydrogen-bond donors (Lipinski definition) is 1. The van der Waals surface area contributed by atoms with E-state index in [1.54, 1.807) is 30.3 Å². The highest BCUT2D eigenvalue weighted by molar-refractivity contribution is 6.32. The Balaban J connectivity index is 2.10. The molecule has 0 aliphatic heterocycles. The van der Waals surface area contributed by atoms with Crippen molar-refractivity contribution in [1.82, 2.24) is 0 Å². The zero-order valence-corrected chi connectivity index (χ0v) is 12.8. The van der Waals surface area contributed by atoms with Crippen molar-refractivity contribution in [2.45, 2.75) is 0 Å². The lowest BCUT2D eigenvalue weighted by Gasteiger charge is -2.08. The maximum absolute atomic E-state index is 11.9. The summed E-state index contributed by atoms with van der Waals surface area (Å²) in [6, 6.07) is 12.3. The molecule has 0 aliphatic rings. The van der Waals surface area contributed by atoms with Gasteiger partial charge in [-0.2, -0.15) is 0 Å². The van der Waals surface area contributed by atoms with Gasteiger partial charge in [0.25, 0.3) is 0 Å². The van der Waals surface area contributed by atoms with Gasteiger partial charge in [0.15, 0.2) is 0 Å². The number of amides is 1. The van der Waals surface area contributed by atoms with Gasteiger partial charge in [0.05, 0.1) is 12.8 Å². The van der Waals surface area contributed by atoms with E-state index in [2.05, 4.69) is 5.32 Å². The second-order valence-corrected chi connectivity index (χ2v) is 5.03. The van der Waals surface area contributed by atoms with E-state index in [-0.39, 0.29) is 5.91 Å². The molecule has 0 spiro atoms. The van der Waals surface area contributed by atoms with Crippen LogP contribution < -0.4 is 10.1 Å². The number of hydrogen-bond acceptors (Lipinski definition) is 2. The van der Waals surface area contributed by atoms with E-state index < -0.39 is 0 Å². The molecule has 3 nitrogen and oxygen atoms in total. The van der Waals surface area contributed by atoms with Crippen LogP contribution in [0.2, 0.25) is 10.0 Å². The first kappa shape index (κ1) is 15.4. The van der Waals surface area contributed by atoms with Crippen LogP contribution in [0.3, 0.4) is 0 Å². The van der Waals surface area contributed by atoms with Gasteiger partial charge in [-0.25, -0.2) is 0 Å². The smallest absolute Gasteiger partial charge is 0.248 e. The molecule has 21 heavy (non-hydrogen) atoms. The van der Waals surface area contributed by atoms with Crippen LogP contribution in [0.1, 0.15) is 5.56 Å². The van der Waals surface area contributed by atoms with Gasteiger partial charge in [0.2, 0.25) is 5.91 Å². The Kier molecular flexibility index (Phi) is 5.26. The maximum atomic E-state index is 11.9. The van der Waals surface area contributed by atoms with Crippen molar-refractivity contribution in [3.8, 4) is 5.75 Å². The molecule has 0 fully saturated rings. The number of ether oxygens (including phenoxy) is 1. The zero-order chi connectivity index (χ0) is 15.2. The number of carbonyl (C=O) groups excluding carboxylic acids is 1. The van der Waals surface area contributed by atoms with Gasteiger partial charge in [-0.05, 0) is 29.8 Å². The number of benzene rings is 2. The lowest BCUT2D eigenvalue weighted by molar-refractivity contribution is -0.111. The molecule has 2 aromatic rings. The van der Waals surface area contributed by atoms with Gasteiger partial charge in [0, 0.05) is 22.2 Å². The standard InChI is InChI=1S/C16H13Cl2NO2/c1-21-15-10-12(17)7-8-14(15)19-16(20)9-6-11-4-2-3-5-13(11)18/h2-10H,1H3,(H,19,20)/b9-6+. The molecule has 5 heteroatoms. The summed E-state index contributed by atoms with van der Waals surface area (Å²) in [7, 11) is 1.51. The first-order valence-electron chi connectivity index (χ1n) is 6.17. The van der Waals surface area contributed by atoms with Gasteiger partial charge >= 0.3 is 0 Å². The Morgan fingerprint density at radius 2 is 1.95 bits per heavy atom. The highest BCUT2D eigenvalue weighted by Crippen LogP contribution is 2.27. The molecule has 0 aromatic heterocycles. The molecule has 0 saturated heterocycles. The third-order valence-electron chi connectivity index (χ3n) is 2.74. The summed E-state index contributed by atoms with van der Waals surface area (Å²) in [4.78, 5) is 11.9. The monoisotopic (exact) mass is 321 g/mol. The summed E-state index contributed by atoms with van der Waals surface area (Å²) < 4.78 is 5.16. The predicted molar refractivity (Wildman–Crippen MR) is 87.1 cm³/mol. The molecule has 2 aromatic carbocycles. The second kappa shape index (κ2) is 7.16. The third kappa shape index (κ3) is 4.25. The summed E-state index contributed by atoms with van der Waals surface area (Å²) in [6.07, 6.45) is 3.06. The minimum atomic E-state index is -0.282. The lowest BCUT2D eigenvalue weighted by atomic mass is 10.2. The van der Waals surface area contributed by atoms with Crippen molar-refractivity contribution in [2.24, 2.45) is 0 Å². The molecule has 0 saturated carbocycles. The lowest BCUT2D eigenvalue weighted by Crippen LogP contribution is -2.08. The molecule has 1 amide bonds. The fraction of sp³-hybridized carbons (Fsp3) is 0.0625. The third-order valence-corrected chi connectivity index (χ3v) is 3.32. The molecule has 0 radical (unpaired) electrons. The molecular formula is C16H13Cl2NO2. The maximum Gasteiger partial charge on any atom is 0.248 e. The fourth-order valence-electron chi connectivity index (χ4n) is 1.72. The van der Waals surface area contributed by atoms with E-state index >= 15 is 0 Å². The van der Waals surface area contributed by atoms with E-state index in [1.165, 1.54) is 13.2 Å². The van der Waals surface area contributed by atoms with E-state index in [1.807, 2.05) is 18.2 Å². The van der Waals surface area contributed by atoms with Crippen LogP contribution in [0, 0.1) is 0 Å². The van der Waals surface area contributed by atoms with Crippen LogP contribution in [0.4, 0.5) is 5.69 Å². The van der Waals surface area contributed by atoms with Crippen LogP contribution in [0.15, 0.2) is 48.5 Å². The average molecular weight is 322 g/mol. The first-order valence-corrected chi connectivity index (χ1v) is 6.93. The van der Waals surface area contributed by atoms with Crippen molar-refractivity contribution < 1.29 is 9.53 Å². The number of rotatable bonds is 4. The van der Waals surface area contributed by atoms with Crippen LogP contribution in [-0.4, -0.2) is 13.0 Å². The minimum absolute atomic E-state index is 0.282. The second-order valence-electron chi connectivity index (χ2n) is 4.19. The van der Waals surface area contributed by atoms with Gasteiger partial charge < -0.3 is 10.1 Å². The van der Waals surface area contributed by atoms with E-state index in [0.29, 0.717) is 21.5 Å². The highest BCUT2D eigenvalue weighted by Gasteiger charge is 2.06. The van der Waals surface area contributed by atoms with Gasteiger partial charge in [0.1, 0.15) is 5.75 Å². The molecule has 108 valence electrons. The van der Waals surface area contributed by atoms with E-state index in [4.69, 9.17) is 27.9 Å². The Morgan fingerprint density at radius 3 is 2.67 bits per heavy atom. The van der Waals surface area contributed by atoms with E-state index in [0.717, 1.165) is 5.56 Å². The molecule has 0 bridgehead atoms. The van der Waals surface area contributed by atoms with Crippen molar-refractivity contribution in [3.05, 3.63) is 64.1 Å². The van der Waals surface area contributed by atoms with Gasteiger partial charge in [-0.15, -0.1) is 0 Å². The van der Waals surface area contributed by atoms with E-state index in [9.17, 15) is 4.79 Å². The topological polar surface area (TPSA) is 38.3 Å². The summed E-state index contributed by atoms with van der Waals surface area (Å²) in [5, 5.41) is 3.85. The van der Waals surface area contributed by atoms with Crippen LogP contribution in [0.25, 0.3) is 6.08 Å². The Labute approximate surface area is 133 Å². The summed E-state index contributed by atoms with van der Waals surface area (Å²) >= 11 is 11.9. The number of halogens is 2. The van der Waals surface area contributed by atoms with Crippen LogP contribution >= 0.6 is 23.2 Å². The average Bonchev–Trinajstić information content (AvgIpc) is 2.48. The molecule has 1 N–H and O–H groups in total. The van der Waals surface area contributed by atoms with Crippen molar-refractivity contribution in [3.63, 3.8) is 0 Å².